The molecule has 4 heteroatoms. The van der Waals surface area contributed by atoms with E-state index in [4.69, 9.17) is 10.1 Å². The van der Waals surface area contributed by atoms with Crippen molar-refractivity contribution in [2.24, 2.45) is 7.05 Å². The van der Waals surface area contributed by atoms with Crippen LogP contribution >= 0.6 is 0 Å². The fourth-order valence-electron chi connectivity index (χ4n) is 1.20. The fraction of sp³-hybridized carbons (Fsp3) is 0.500. The van der Waals surface area contributed by atoms with Crippen LogP contribution in [0, 0.1) is 19.3 Å². The molecule has 0 amide bonds. The molecule has 1 N–H and O–H groups in total. The highest BCUT2D eigenvalue weighted by Crippen LogP contribution is 2.12. The third-order valence-corrected chi connectivity index (χ3v) is 1.94. The van der Waals surface area contributed by atoms with Gasteiger partial charge in [0.05, 0.1) is 18.4 Å². The van der Waals surface area contributed by atoms with E-state index in [1.807, 2.05) is 20.9 Å². The number of methoxy groups -OCH3 is 1. The maximum absolute atomic E-state index is 7.50. The molecule has 0 bridgehead atoms. The van der Waals surface area contributed by atoms with Gasteiger partial charge in [-0.3, -0.25) is 10.1 Å². The Morgan fingerprint density at radius 2 is 2.08 bits per heavy atom. The normalized spacial score (nSPS) is 10.0. The standard InChI is InChI=1S/C8H13N3O/c1-5-7(8(9)12-4)6(2)11(3)10-5/h9H,1-4H3. The van der Waals surface area contributed by atoms with Crippen molar-refractivity contribution in [3.63, 3.8) is 0 Å². The summed E-state index contributed by atoms with van der Waals surface area (Å²) in [6.45, 7) is 3.79. The lowest BCUT2D eigenvalue weighted by molar-refractivity contribution is 0.400. The third kappa shape index (κ3) is 1.20. The second-order valence-electron chi connectivity index (χ2n) is 2.70. The van der Waals surface area contributed by atoms with Crippen LogP contribution in [0.15, 0.2) is 0 Å². The predicted molar refractivity (Wildman–Crippen MR) is 46.5 cm³/mol. The van der Waals surface area contributed by atoms with E-state index < -0.39 is 0 Å². The van der Waals surface area contributed by atoms with Crippen molar-refractivity contribution in [3.8, 4) is 0 Å². The molecule has 4 nitrogen and oxygen atoms in total. The number of ether oxygens (including phenoxy) is 1. The molecular weight excluding hydrogens is 154 g/mol. The van der Waals surface area contributed by atoms with Crippen LogP contribution in [0.1, 0.15) is 17.0 Å². The lowest BCUT2D eigenvalue weighted by atomic mass is 10.2. The smallest absolute Gasteiger partial charge is 0.216 e. The molecule has 0 aliphatic rings. The Morgan fingerprint density at radius 3 is 2.42 bits per heavy atom. The number of hydrogen-bond acceptors (Lipinski definition) is 3. The van der Waals surface area contributed by atoms with Gasteiger partial charge in [-0.2, -0.15) is 5.10 Å². The molecule has 1 aromatic rings. The summed E-state index contributed by atoms with van der Waals surface area (Å²) in [5.74, 6) is 0.179. The molecule has 0 saturated carbocycles. The van der Waals surface area contributed by atoms with E-state index >= 15 is 0 Å². The molecule has 0 unspecified atom stereocenters. The van der Waals surface area contributed by atoms with Crippen LogP contribution in [0.4, 0.5) is 0 Å². The Hall–Kier alpha value is -1.32. The number of rotatable bonds is 1. The second-order valence-corrected chi connectivity index (χ2v) is 2.70. The van der Waals surface area contributed by atoms with E-state index in [2.05, 4.69) is 5.10 Å². The summed E-state index contributed by atoms with van der Waals surface area (Å²) in [5.41, 5.74) is 2.58. The lowest BCUT2D eigenvalue weighted by Gasteiger charge is -2.01. The van der Waals surface area contributed by atoms with Crippen LogP contribution in [-0.4, -0.2) is 22.8 Å². The maximum Gasteiger partial charge on any atom is 0.216 e. The molecule has 66 valence electrons. The molecular formula is C8H13N3O. The van der Waals surface area contributed by atoms with Gasteiger partial charge in [0.25, 0.3) is 0 Å². The van der Waals surface area contributed by atoms with Crippen molar-refractivity contribution >= 4 is 5.90 Å². The first-order chi connectivity index (χ1) is 5.57. The molecule has 0 aliphatic heterocycles. The molecule has 12 heavy (non-hydrogen) atoms. The van der Waals surface area contributed by atoms with Gasteiger partial charge in [-0.05, 0) is 13.8 Å². The summed E-state index contributed by atoms with van der Waals surface area (Å²) in [6, 6.07) is 0. The van der Waals surface area contributed by atoms with E-state index in [0.29, 0.717) is 0 Å². The zero-order valence-electron chi connectivity index (χ0n) is 7.80. The molecule has 0 saturated heterocycles. The quantitative estimate of drug-likeness (QED) is 0.501. The summed E-state index contributed by atoms with van der Waals surface area (Å²) < 4.78 is 6.59. The summed E-state index contributed by atoms with van der Waals surface area (Å²) in [7, 11) is 3.35. The molecule has 0 fully saturated rings. The number of nitrogens with zero attached hydrogens (tertiary/aromatic N) is 2. The Bertz CT molecular complexity index is 314. The summed E-state index contributed by atoms with van der Waals surface area (Å²) in [5, 5.41) is 11.7. The molecule has 0 atom stereocenters. The van der Waals surface area contributed by atoms with Gasteiger partial charge in [-0.15, -0.1) is 0 Å². The van der Waals surface area contributed by atoms with Gasteiger partial charge in [0.1, 0.15) is 0 Å². The van der Waals surface area contributed by atoms with Crippen molar-refractivity contribution < 1.29 is 4.74 Å². The van der Waals surface area contributed by atoms with Gasteiger partial charge in [-0.1, -0.05) is 0 Å². The Balaban J connectivity index is 3.22. The van der Waals surface area contributed by atoms with E-state index in [9.17, 15) is 0 Å². The Labute approximate surface area is 71.7 Å². The Kier molecular flexibility index (Phi) is 2.17. The topological polar surface area (TPSA) is 50.9 Å². The molecule has 0 aromatic carbocycles. The first-order valence-electron chi connectivity index (χ1n) is 3.71. The van der Waals surface area contributed by atoms with Crippen LogP contribution in [0.3, 0.4) is 0 Å². The minimum absolute atomic E-state index is 0.179. The monoisotopic (exact) mass is 167 g/mol. The minimum Gasteiger partial charge on any atom is -0.481 e. The summed E-state index contributed by atoms with van der Waals surface area (Å²) in [6.07, 6.45) is 0. The highest BCUT2D eigenvalue weighted by molar-refractivity contribution is 5.93. The highest BCUT2D eigenvalue weighted by Gasteiger charge is 2.13. The van der Waals surface area contributed by atoms with Crippen LogP contribution in [0.5, 0.6) is 0 Å². The fourth-order valence-corrected chi connectivity index (χ4v) is 1.20. The molecule has 0 spiro atoms. The van der Waals surface area contributed by atoms with Gasteiger partial charge < -0.3 is 4.74 Å². The zero-order valence-corrected chi connectivity index (χ0v) is 7.80. The number of hydrogen-bond donors (Lipinski definition) is 1. The highest BCUT2D eigenvalue weighted by atomic mass is 16.5. The average molecular weight is 167 g/mol. The minimum atomic E-state index is 0.179. The molecule has 0 aliphatic carbocycles. The SMILES string of the molecule is COC(=N)c1c(C)nn(C)c1C. The van der Waals surface area contributed by atoms with Crippen molar-refractivity contribution in [3.05, 3.63) is 17.0 Å². The first kappa shape index (κ1) is 8.77. The number of aromatic nitrogens is 2. The van der Waals surface area contributed by atoms with Gasteiger partial charge in [-0.25, -0.2) is 0 Å². The number of aryl methyl sites for hydroxylation is 2. The van der Waals surface area contributed by atoms with Gasteiger partial charge >= 0.3 is 0 Å². The number of nitrogens with one attached hydrogen (secondary N) is 1. The van der Waals surface area contributed by atoms with Crippen LogP contribution in [0.25, 0.3) is 0 Å². The average Bonchev–Trinajstić information content (AvgIpc) is 2.26. The van der Waals surface area contributed by atoms with Gasteiger partial charge in [0.2, 0.25) is 5.90 Å². The Morgan fingerprint density at radius 1 is 1.50 bits per heavy atom. The van der Waals surface area contributed by atoms with Crippen LogP contribution in [0.2, 0.25) is 0 Å². The van der Waals surface area contributed by atoms with E-state index in [0.717, 1.165) is 17.0 Å². The largest absolute Gasteiger partial charge is 0.481 e. The van der Waals surface area contributed by atoms with Gasteiger partial charge in [0.15, 0.2) is 0 Å². The van der Waals surface area contributed by atoms with Gasteiger partial charge in [0, 0.05) is 12.7 Å². The molecule has 0 radical (unpaired) electrons. The van der Waals surface area contributed by atoms with Crippen LogP contribution < -0.4 is 0 Å². The van der Waals surface area contributed by atoms with Crippen molar-refractivity contribution in [2.75, 3.05) is 7.11 Å². The third-order valence-electron chi connectivity index (χ3n) is 1.94. The molecule has 1 rings (SSSR count). The second kappa shape index (κ2) is 2.97. The maximum atomic E-state index is 7.50. The molecule has 1 heterocycles. The van der Waals surface area contributed by atoms with E-state index in [1.165, 1.54) is 7.11 Å². The first-order valence-corrected chi connectivity index (χ1v) is 3.71. The molecule has 1 aromatic heterocycles. The zero-order chi connectivity index (χ0) is 9.30. The summed E-state index contributed by atoms with van der Waals surface area (Å²) >= 11 is 0. The van der Waals surface area contributed by atoms with Crippen LogP contribution in [-0.2, 0) is 11.8 Å². The van der Waals surface area contributed by atoms with Crippen molar-refractivity contribution in [1.82, 2.24) is 9.78 Å². The summed E-state index contributed by atoms with van der Waals surface area (Å²) in [4.78, 5) is 0. The van der Waals surface area contributed by atoms with E-state index in [-0.39, 0.29) is 5.90 Å². The van der Waals surface area contributed by atoms with Crippen molar-refractivity contribution in [1.29, 1.82) is 5.41 Å². The lowest BCUT2D eigenvalue weighted by Crippen LogP contribution is -2.04. The van der Waals surface area contributed by atoms with E-state index in [1.54, 1.807) is 4.68 Å². The van der Waals surface area contributed by atoms with Crippen molar-refractivity contribution in [2.45, 2.75) is 13.8 Å². The predicted octanol–water partition coefficient (Wildman–Crippen LogP) is 1.01.